The Morgan fingerprint density at radius 2 is 2.00 bits per heavy atom. The predicted molar refractivity (Wildman–Crippen MR) is 71.2 cm³/mol. The molecule has 0 aliphatic heterocycles. The van der Waals surface area contributed by atoms with Crippen LogP contribution in [0.5, 0.6) is 0 Å². The number of hydrogen-bond acceptors (Lipinski definition) is 3. The number of carboxylic acid groups (broad SMARTS) is 1. The van der Waals surface area contributed by atoms with Crippen molar-refractivity contribution >= 4 is 15.8 Å². The Morgan fingerprint density at radius 3 is 2.50 bits per heavy atom. The van der Waals surface area contributed by atoms with Crippen LogP contribution in [0.3, 0.4) is 0 Å². The Balaban J connectivity index is 2.53. The van der Waals surface area contributed by atoms with Crippen LogP contribution in [0.4, 0.5) is 0 Å². The molecule has 0 saturated heterocycles. The summed E-state index contributed by atoms with van der Waals surface area (Å²) in [6, 6.07) is 0. The quantitative estimate of drug-likeness (QED) is 0.808. The van der Waals surface area contributed by atoms with Gasteiger partial charge in [0.1, 0.15) is 9.84 Å². The number of carbonyl (C=O) groups is 1. The number of hydrogen-bond donors (Lipinski definition) is 1. The monoisotopic (exact) mass is 276 g/mol. The third-order valence-corrected chi connectivity index (χ3v) is 5.11. The van der Waals surface area contributed by atoms with Crippen molar-refractivity contribution < 1.29 is 18.3 Å². The Labute approximate surface area is 110 Å². The molecule has 0 aromatic carbocycles. The van der Waals surface area contributed by atoms with Gasteiger partial charge in [0.2, 0.25) is 0 Å². The highest BCUT2D eigenvalue weighted by Crippen LogP contribution is 2.38. The van der Waals surface area contributed by atoms with Gasteiger partial charge in [-0.3, -0.25) is 4.79 Å². The van der Waals surface area contributed by atoms with Crippen LogP contribution in [0.15, 0.2) is 0 Å². The molecule has 0 aromatic rings. The molecular formula is C13H24O4S. The van der Waals surface area contributed by atoms with E-state index < -0.39 is 15.8 Å². The molecule has 1 saturated carbocycles. The highest BCUT2D eigenvalue weighted by atomic mass is 32.2. The Morgan fingerprint density at radius 1 is 1.33 bits per heavy atom. The second-order valence-electron chi connectivity index (χ2n) is 5.56. The predicted octanol–water partition coefficient (Wildman–Crippen LogP) is 2.34. The molecular weight excluding hydrogens is 252 g/mol. The van der Waals surface area contributed by atoms with Gasteiger partial charge >= 0.3 is 5.97 Å². The molecule has 106 valence electrons. The molecule has 0 amide bonds. The molecule has 0 radical (unpaired) electrons. The number of rotatable bonds is 6. The van der Waals surface area contributed by atoms with Crippen LogP contribution in [0, 0.1) is 17.8 Å². The highest BCUT2D eigenvalue weighted by molar-refractivity contribution is 7.90. The van der Waals surface area contributed by atoms with Crippen molar-refractivity contribution in [2.45, 2.75) is 45.4 Å². The molecule has 1 fully saturated rings. The normalized spacial score (nSPS) is 29.1. The third-order valence-electron chi connectivity index (χ3n) is 4.08. The van der Waals surface area contributed by atoms with Crippen molar-refractivity contribution in [3.63, 3.8) is 0 Å². The molecule has 0 bridgehead atoms. The van der Waals surface area contributed by atoms with Crippen LogP contribution in [-0.4, -0.2) is 31.5 Å². The number of aliphatic carboxylic acids is 1. The molecule has 0 spiro atoms. The summed E-state index contributed by atoms with van der Waals surface area (Å²) >= 11 is 0. The van der Waals surface area contributed by atoms with Gasteiger partial charge in [-0.15, -0.1) is 0 Å². The van der Waals surface area contributed by atoms with E-state index in [4.69, 9.17) is 0 Å². The van der Waals surface area contributed by atoms with Gasteiger partial charge in [-0.25, -0.2) is 8.42 Å². The van der Waals surface area contributed by atoms with E-state index in [1.807, 2.05) is 0 Å². The summed E-state index contributed by atoms with van der Waals surface area (Å²) in [5, 5.41) is 9.21. The Kier molecular flexibility index (Phi) is 5.63. The lowest BCUT2D eigenvalue weighted by atomic mass is 9.71. The van der Waals surface area contributed by atoms with Gasteiger partial charge in [-0.2, -0.15) is 0 Å². The SMILES string of the molecule is CCC1CCC(C(=O)O)C(CCCS(C)(=O)=O)C1. The summed E-state index contributed by atoms with van der Waals surface area (Å²) in [6.45, 7) is 2.14. The standard InChI is InChI=1S/C13H24O4S/c1-3-10-6-7-12(13(14)15)11(9-10)5-4-8-18(2,16)17/h10-12H,3-9H2,1-2H3,(H,14,15). The second kappa shape index (κ2) is 6.55. The van der Waals surface area contributed by atoms with Gasteiger partial charge in [0.25, 0.3) is 0 Å². The summed E-state index contributed by atoms with van der Waals surface area (Å²) in [7, 11) is -2.93. The molecule has 4 nitrogen and oxygen atoms in total. The summed E-state index contributed by atoms with van der Waals surface area (Å²) in [5.41, 5.74) is 0. The summed E-state index contributed by atoms with van der Waals surface area (Å²) < 4.78 is 22.2. The van der Waals surface area contributed by atoms with Crippen molar-refractivity contribution in [2.75, 3.05) is 12.0 Å². The average Bonchev–Trinajstić information content (AvgIpc) is 2.26. The van der Waals surface area contributed by atoms with Crippen molar-refractivity contribution in [2.24, 2.45) is 17.8 Å². The fraction of sp³-hybridized carbons (Fsp3) is 0.923. The second-order valence-corrected chi connectivity index (χ2v) is 7.82. The topological polar surface area (TPSA) is 71.4 Å². The minimum Gasteiger partial charge on any atom is -0.481 e. The first kappa shape index (κ1) is 15.5. The minimum absolute atomic E-state index is 0.156. The van der Waals surface area contributed by atoms with E-state index in [1.165, 1.54) is 6.26 Å². The van der Waals surface area contributed by atoms with Gasteiger partial charge in [0, 0.05) is 12.0 Å². The average molecular weight is 276 g/mol. The largest absolute Gasteiger partial charge is 0.481 e. The van der Waals surface area contributed by atoms with Crippen molar-refractivity contribution in [3.8, 4) is 0 Å². The smallest absolute Gasteiger partial charge is 0.306 e. The zero-order chi connectivity index (χ0) is 13.8. The molecule has 1 aliphatic carbocycles. The van der Waals surface area contributed by atoms with Crippen molar-refractivity contribution in [3.05, 3.63) is 0 Å². The Bertz CT molecular complexity index is 374. The third kappa shape index (κ3) is 4.96. The molecule has 18 heavy (non-hydrogen) atoms. The lowest BCUT2D eigenvalue weighted by molar-refractivity contribution is -0.145. The van der Waals surface area contributed by atoms with Gasteiger partial charge in [-0.1, -0.05) is 13.3 Å². The maximum absolute atomic E-state index is 11.2. The van der Waals surface area contributed by atoms with Crippen molar-refractivity contribution in [1.29, 1.82) is 0 Å². The molecule has 5 heteroatoms. The van der Waals surface area contributed by atoms with Crippen LogP contribution in [0.2, 0.25) is 0 Å². The maximum atomic E-state index is 11.2. The van der Waals surface area contributed by atoms with Gasteiger partial charge in [0.15, 0.2) is 0 Å². The zero-order valence-corrected chi connectivity index (χ0v) is 12.1. The fourth-order valence-corrected chi connectivity index (χ4v) is 3.67. The first-order chi connectivity index (χ1) is 8.33. The maximum Gasteiger partial charge on any atom is 0.306 e. The van der Waals surface area contributed by atoms with E-state index in [2.05, 4.69) is 6.92 Å². The van der Waals surface area contributed by atoms with Gasteiger partial charge < -0.3 is 5.11 Å². The van der Waals surface area contributed by atoms with Crippen LogP contribution in [-0.2, 0) is 14.6 Å². The van der Waals surface area contributed by atoms with Gasteiger partial charge in [-0.05, 0) is 43.9 Å². The van der Waals surface area contributed by atoms with E-state index in [0.717, 1.165) is 32.1 Å². The highest BCUT2D eigenvalue weighted by Gasteiger charge is 2.33. The van der Waals surface area contributed by atoms with E-state index in [-0.39, 0.29) is 17.6 Å². The van der Waals surface area contributed by atoms with Crippen molar-refractivity contribution in [1.82, 2.24) is 0 Å². The lowest BCUT2D eigenvalue weighted by Gasteiger charge is -2.33. The van der Waals surface area contributed by atoms with E-state index in [1.54, 1.807) is 0 Å². The van der Waals surface area contributed by atoms with Crippen LogP contribution in [0.1, 0.15) is 45.4 Å². The first-order valence-electron chi connectivity index (χ1n) is 6.74. The van der Waals surface area contributed by atoms with Crippen LogP contribution in [0.25, 0.3) is 0 Å². The van der Waals surface area contributed by atoms with E-state index in [0.29, 0.717) is 12.3 Å². The fourth-order valence-electron chi connectivity index (χ4n) is 2.98. The first-order valence-corrected chi connectivity index (χ1v) is 8.80. The number of sulfone groups is 1. The van der Waals surface area contributed by atoms with Crippen LogP contribution < -0.4 is 0 Å². The molecule has 1 aliphatic rings. The molecule has 1 rings (SSSR count). The molecule has 1 N–H and O–H groups in total. The summed E-state index contributed by atoms with van der Waals surface area (Å²) in [5.74, 6) is -0.0415. The van der Waals surface area contributed by atoms with E-state index in [9.17, 15) is 18.3 Å². The van der Waals surface area contributed by atoms with E-state index >= 15 is 0 Å². The molecule has 3 unspecified atom stereocenters. The summed E-state index contributed by atoms with van der Waals surface area (Å²) in [6.07, 6.45) is 6.32. The molecule has 0 heterocycles. The summed E-state index contributed by atoms with van der Waals surface area (Å²) in [4.78, 5) is 11.2. The molecule has 3 atom stereocenters. The minimum atomic E-state index is -2.93. The van der Waals surface area contributed by atoms with Crippen LogP contribution >= 0.6 is 0 Å². The number of carboxylic acids is 1. The zero-order valence-electron chi connectivity index (χ0n) is 11.3. The molecule has 0 aromatic heterocycles. The lowest BCUT2D eigenvalue weighted by Crippen LogP contribution is -2.30. The van der Waals surface area contributed by atoms with Gasteiger partial charge in [0.05, 0.1) is 5.92 Å². The Hall–Kier alpha value is -0.580.